The average Bonchev–Trinajstić information content (AvgIpc) is 2.66. The number of benzene rings is 2. The van der Waals surface area contributed by atoms with Crippen LogP contribution in [0.2, 0.25) is 5.02 Å². The van der Waals surface area contributed by atoms with Crippen molar-refractivity contribution in [3.8, 4) is 17.6 Å². The number of anilines is 1. The first-order chi connectivity index (χ1) is 13.8. The second-order valence-corrected chi connectivity index (χ2v) is 7.28. The number of ether oxygens (including phenoxy) is 2. The third-order valence-corrected chi connectivity index (χ3v) is 4.58. The summed E-state index contributed by atoms with van der Waals surface area (Å²) in [5.74, 6) is 0.391. The summed E-state index contributed by atoms with van der Waals surface area (Å²) in [5.41, 5.74) is 3.21. The van der Waals surface area contributed by atoms with Crippen molar-refractivity contribution >= 4 is 29.3 Å². The lowest BCUT2D eigenvalue weighted by Crippen LogP contribution is -2.13. The highest BCUT2D eigenvalue weighted by molar-refractivity contribution is 6.32. The summed E-state index contributed by atoms with van der Waals surface area (Å²) >= 11 is 6.37. The predicted molar refractivity (Wildman–Crippen MR) is 117 cm³/mol. The van der Waals surface area contributed by atoms with Crippen LogP contribution in [0.5, 0.6) is 11.5 Å². The summed E-state index contributed by atoms with van der Waals surface area (Å²) in [6.45, 7) is 7.84. The van der Waals surface area contributed by atoms with Crippen LogP contribution in [-0.4, -0.2) is 19.1 Å². The number of hydrogen-bond donors (Lipinski definition) is 1. The Bertz CT molecular complexity index is 957. The molecule has 29 heavy (non-hydrogen) atoms. The van der Waals surface area contributed by atoms with Gasteiger partial charge >= 0.3 is 0 Å². The summed E-state index contributed by atoms with van der Waals surface area (Å²) in [7, 11) is 1.51. The van der Waals surface area contributed by atoms with Gasteiger partial charge in [0, 0.05) is 5.69 Å². The largest absolute Gasteiger partial charge is 0.493 e. The maximum atomic E-state index is 12.6. The Labute approximate surface area is 176 Å². The molecule has 0 saturated carbocycles. The van der Waals surface area contributed by atoms with Gasteiger partial charge < -0.3 is 14.8 Å². The Morgan fingerprint density at radius 3 is 2.45 bits per heavy atom. The maximum Gasteiger partial charge on any atom is 0.266 e. The first kappa shape index (κ1) is 22.3. The van der Waals surface area contributed by atoms with Crippen LogP contribution < -0.4 is 14.8 Å². The number of nitriles is 1. The molecule has 1 amide bonds. The van der Waals surface area contributed by atoms with Crippen LogP contribution in [0, 0.1) is 25.2 Å². The number of aryl methyl sites for hydroxylation is 2. The average molecular weight is 413 g/mol. The number of methoxy groups -OCH3 is 1. The van der Waals surface area contributed by atoms with Gasteiger partial charge in [-0.25, -0.2) is 0 Å². The zero-order valence-electron chi connectivity index (χ0n) is 17.3. The second kappa shape index (κ2) is 9.99. The highest BCUT2D eigenvalue weighted by atomic mass is 35.5. The van der Waals surface area contributed by atoms with E-state index in [1.165, 1.54) is 13.2 Å². The van der Waals surface area contributed by atoms with E-state index in [1.54, 1.807) is 12.1 Å². The van der Waals surface area contributed by atoms with E-state index in [1.807, 2.05) is 52.0 Å². The van der Waals surface area contributed by atoms with Gasteiger partial charge in [-0.2, -0.15) is 5.26 Å². The molecule has 152 valence electrons. The fourth-order valence-electron chi connectivity index (χ4n) is 2.78. The van der Waals surface area contributed by atoms with Crippen LogP contribution in [-0.2, 0) is 4.79 Å². The fraction of sp³-hybridized carbons (Fsp3) is 0.304. The number of carbonyl (C=O) groups excluding carboxylic acids is 1. The van der Waals surface area contributed by atoms with Crippen LogP contribution in [0.3, 0.4) is 0 Å². The summed E-state index contributed by atoms with van der Waals surface area (Å²) < 4.78 is 11.2. The quantitative estimate of drug-likeness (QED) is 0.468. The van der Waals surface area contributed by atoms with Gasteiger partial charge in [0.25, 0.3) is 5.91 Å². The summed E-state index contributed by atoms with van der Waals surface area (Å²) in [6, 6.07) is 11.0. The van der Waals surface area contributed by atoms with E-state index in [4.69, 9.17) is 21.1 Å². The highest BCUT2D eigenvalue weighted by Crippen LogP contribution is 2.38. The summed E-state index contributed by atoms with van der Waals surface area (Å²) in [5, 5.41) is 12.6. The van der Waals surface area contributed by atoms with Crippen LogP contribution in [0.15, 0.2) is 35.9 Å². The van der Waals surface area contributed by atoms with Crippen molar-refractivity contribution < 1.29 is 14.3 Å². The van der Waals surface area contributed by atoms with E-state index in [0.29, 0.717) is 27.8 Å². The molecule has 2 aromatic rings. The van der Waals surface area contributed by atoms with Gasteiger partial charge in [-0.15, -0.1) is 0 Å². The van der Waals surface area contributed by atoms with E-state index in [9.17, 15) is 10.1 Å². The molecule has 2 rings (SSSR count). The molecule has 0 spiro atoms. The lowest BCUT2D eigenvalue weighted by Gasteiger charge is -2.17. The standard InChI is InChI=1S/C23H25ClN2O3/c1-6-16(4)29-22-20(24)11-17(12-21(22)28-5)10-18(13-25)23(27)26-19-8-14(2)7-15(3)9-19/h7-12,16H,6H2,1-5H3,(H,26,27). The molecule has 1 atom stereocenters. The van der Waals surface area contributed by atoms with Crippen molar-refractivity contribution in [1.29, 1.82) is 5.26 Å². The van der Waals surface area contributed by atoms with Gasteiger partial charge in [0.2, 0.25) is 0 Å². The first-order valence-electron chi connectivity index (χ1n) is 9.33. The molecule has 0 aromatic heterocycles. The molecule has 5 nitrogen and oxygen atoms in total. The van der Waals surface area contributed by atoms with Crippen molar-refractivity contribution in [2.75, 3.05) is 12.4 Å². The van der Waals surface area contributed by atoms with Crippen LogP contribution >= 0.6 is 11.6 Å². The fourth-order valence-corrected chi connectivity index (χ4v) is 3.05. The molecule has 0 fully saturated rings. The molecular formula is C23H25ClN2O3. The molecule has 1 unspecified atom stereocenters. The van der Waals surface area contributed by atoms with Gasteiger partial charge in [0.1, 0.15) is 11.6 Å². The maximum absolute atomic E-state index is 12.6. The summed E-state index contributed by atoms with van der Waals surface area (Å²) in [4.78, 5) is 12.6. The van der Waals surface area contributed by atoms with Gasteiger partial charge in [0.05, 0.1) is 18.2 Å². The number of amides is 1. The Hall–Kier alpha value is -2.97. The predicted octanol–water partition coefficient (Wildman–Crippen LogP) is 5.69. The molecule has 0 heterocycles. The molecule has 0 aliphatic rings. The molecule has 6 heteroatoms. The lowest BCUT2D eigenvalue weighted by molar-refractivity contribution is -0.112. The number of rotatable bonds is 7. The normalized spacial score (nSPS) is 12.1. The Balaban J connectivity index is 2.33. The second-order valence-electron chi connectivity index (χ2n) is 6.87. The minimum Gasteiger partial charge on any atom is -0.493 e. The minimum atomic E-state index is -0.493. The van der Waals surface area contributed by atoms with Gasteiger partial charge in [-0.1, -0.05) is 24.6 Å². The number of halogens is 1. The Morgan fingerprint density at radius 2 is 1.90 bits per heavy atom. The number of nitrogens with one attached hydrogen (secondary N) is 1. The van der Waals surface area contributed by atoms with Crippen molar-refractivity contribution in [2.45, 2.75) is 40.2 Å². The summed E-state index contributed by atoms with van der Waals surface area (Å²) in [6.07, 6.45) is 2.26. The first-order valence-corrected chi connectivity index (χ1v) is 9.70. The lowest BCUT2D eigenvalue weighted by atomic mass is 10.1. The molecule has 0 aliphatic carbocycles. The molecule has 2 aromatic carbocycles. The third kappa shape index (κ3) is 6.00. The zero-order valence-corrected chi connectivity index (χ0v) is 18.1. The van der Waals surface area contributed by atoms with E-state index in [2.05, 4.69) is 5.32 Å². The van der Waals surface area contributed by atoms with E-state index < -0.39 is 5.91 Å². The van der Waals surface area contributed by atoms with E-state index >= 15 is 0 Å². The van der Waals surface area contributed by atoms with Gasteiger partial charge in [0.15, 0.2) is 11.5 Å². The molecule has 0 aliphatic heterocycles. The molecule has 1 N–H and O–H groups in total. The molecule has 0 saturated heterocycles. The SMILES string of the molecule is CCC(C)Oc1c(Cl)cc(C=C(C#N)C(=O)Nc2cc(C)cc(C)c2)cc1OC. The highest BCUT2D eigenvalue weighted by Gasteiger charge is 2.16. The van der Waals surface area contributed by atoms with Crippen LogP contribution in [0.25, 0.3) is 6.08 Å². The number of hydrogen-bond acceptors (Lipinski definition) is 4. The smallest absolute Gasteiger partial charge is 0.266 e. The van der Waals surface area contributed by atoms with Crippen molar-refractivity contribution in [2.24, 2.45) is 0 Å². The Morgan fingerprint density at radius 1 is 1.24 bits per heavy atom. The topological polar surface area (TPSA) is 71.3 Å². The monoisotopic (exact) mass is 412 g/mol. The van der Waals surface area contributed by atoms with Crippen LogP contribution in [0.4, 0.5) is 5.69 Å². The van der Waals surface area contributed by atoms with Crippen LogP contribution in [0.1, 0.15) is 37.0 Å². The van der Waals surface area contributed by atoms with E-state index in [0.717, 1.165) is 17.5 Å². The Kier molecular flexibility index (Phi) is 7.69. The molecule has 0 bridgehead atoms. The number of nitrogens with zero attached hydrogens (tertiary/aromatic N) is 1. The minimum absolute atomic E-state index is 0.0268. The third-order valence-electron chi connectivity index (χ3n) is 4.30. The zero-order chi connectivity index (χ0) is 21.6. The van der Waals surface area contributed by atoms with Crippen molar-refractivity contribution in [1.82, 2.24) is 0 Å². The van der Waals surface area contributed by atoms with Crippen molar-refractivity contribution in [3.63, 3.8) is 0 Å². The van der Waals surface area contributed by atoms with E-state index in [-0.39, 0.29) is 11.7 Å². The molecular weight excluding hydrogens is 388 g/mol. The number of carbonyl (C=O) groups is 1. The van der Waals surface area contributed by atoms with Gasteiger partial charge in [-0.05, 0) is 74.2 Å². The van der Waals surface area contributed by atoms with Gasteiger partial charge in [-0.3, -0.25) is 4.79 Å². The van der Waals surface area contributed by atoms with Crippen molar-refractivity contribution in [3.05, 3.63) is 57.6 Å². The molecule has 0 radical (unpaired) electrons.